The van der Waals surface area contributed by atoms with E-state index >= 15 is 0 Å². The number of benzene rings is 1. The summed E-state index contributed by atoms with van der Waals surface area (Å²) < 4.78 is 8.58. The number of hydrogen-bond donors (Lipinski definition) is 0. The number of halogens is 1. The summed E-state index contributed by atoms with van der Waals surface area (Å²) in [5.74, 6) is 2.51. The van der Waals surface area contributed by atoms with Crippen molar-refractivity contribution in [1.29, 1.82) is 0 Å². The Kier molecular flexibility index (Phi) is 4.78. The molecule has 1 atom stereocenters. The maximum Gasteiger partial charge on any atom is 0.225 e. The minimum atomic E-state index is 0.284. The molecule has 150 valence electrons. The van der Waals surface area contributed by atoms with E-state index in [1.807, 2.05) is 24.3 Å². The summed E-state index contributed by atoms with van der Waals surface area (Å²) in [6.07, 6.45) is 3.13. The minimum Gasteiger partial charge on any atom is -0.481 e. The van der Waals surface area contributed by atoms with Gasteiger partial charge in [0.1, 0.15) is 11.3 Å². The second-order valence-electron chi connectivity index (χ2n) is 7.96. The molecule has 0 bridgehead atoms. The Morgan fingerprint density at radius 2 is 1.93 bits per heavy atom. The molecule has 1 saturated heterocycles. The molecule has 5 rings (SSSR count). The average molecular weight is 455 g/mol. The number of rotatable bonds is 5. The van der Waals surface area contributed by atoms with E-state index < -0.39 is 0 Å². The monoisotopic (exact) mass is 454 g/mol. The molecule has 29 heavy (non-hydrogen) atoms. The highest BCUT2D eigenvalue weighted by Gasteiger charge is 2.36. The molecule has 2 aromatic heterocycles. The van der Waals surface area contributed by atoms with E-state index in [1.54, 1.807) is 7.11 Å². The van der Waals surface area contributed by atoms with Crippen LogP contribution in [0.4, 0.5) is 0 Å². The minimum absolute atomic E-state index is 0.284. The van der Waals surface area contributed by atoms with Gasteiger partial charge in [0, 0.05) is 41.7 Å². The first-order valence-electron chi connectivity index (χ1n) is 10.1. The van der Waals surface area contributed by atoms with E-state index in [9.17, 15) is 4.79 Å². The summed E-state index contributed by atoms with van der Waals surface area (Å²) in [5, 5.41) is 0. The number of carbonyl (C=O) groups is 1. The lowest BCUT2D eigenvalue weighted by Gasteiger charge is -2.17. The van der Waals surface area contributed by atoms with Crippen LogP contribution in [0.25, 0.3) is 22.6 Å². The SMILES string of the molecule is COc1ccc2nc(-c3ccc(Br)cc3)n(C[C@@H]3CCN(C(=O)C4CC4)C3)c2n1. The number of ether oxygens (including phenoxy) is 1. The number of imidazole rings is 1. The lowest BCUT2D eigenvalue weighted by Crippen LogP contribution is -2.30. The number of methoxy groups -OCH3 is 1. The van der Waals surface area contributed by atoms with Gasteiger partial charge >= 0.3 is 0 Å². The third kappa shape index (κ3) is 3.64. The molecule has 1 amide bonds. The number of pyridine rings is 1. The van der Waals surface area contributed by atoms with Crippen molar-refractivity contribution in [2.75, 3.05) is 20.2 Å². The van der Waals surface area contributed by atoms with Crippen LogP contribution >= 0.6 is 15.9 Å². The molecule has 2 aliphatic rings. The maximum atomic E-state index is 12.4. The zero-order valence-corrected chi connectivity index (χ0v) is 17.9. The van der Waals surface area contributed by atoms with Crippen molar-refractivity contribution in [3.8, 4) is 17.3 Å². The Bertz CT molecular complexity index is 1060. The van der Waals surface area contributed by atoms with Crippen molar-refractivity contribution in [2.24, 2.45) is 11.8 Å². The summed E-state index contributed by atoms with van der Waals surface area (Å²) in [7, 11) is 1.63. The van der Waals surface area contributed by atoms with Crippen LogP contribution in [0.3, 0.4) is 0 Å². The molecule has 0 spiro atoms. The molecule has 1 aliphatic carbocycles. The number of carbonyl (C=O) groups excluding carboxylic acids is 1. The number of amides is 1. The van der Waals surface area contributed by atoms with Crippen molar-refractivity contribution in [1.82, 2.24) is 19.4 Å². The smallest absolute Gasteiger partial charge is 0.225 e. The second kappa shape index (κ2) is 7.44. The molecule has 1 aliphatic heterocycles. The quantitative estimate of drug-likeness (QED) is 0.581. The zero-order valence-electron chi connectivity index (χ0n) is 16.3. The topological polar surface area (TPSA) is 60.2 Å². The van der Waals surface area contributed by atoms with Crippen LogP contribution in [0.1, 0.15) is 19.3 Å². The van der Waals surface area contributed by atoms with Gasteiger partial charge in [-0.25, -0.2) is 4.98 Å². The summed E-state index contributed by atoms with van der Waals surface area (Å²) in [4.78, 5) is 24.0. The highest BCUT2D eigenvalue weighted by atomic mass is 79.9. The van der Waals surface area contributed by atoms with Gasteiger partial charge in [-0.15, -0.1) is 0 Å². The van der Waals surface area contributed by atoms with E-state index in [0.717, 1.165) is 65.9 Å². The third-order valence-corrected chi connectivity index (χ3v) is 6.37. The Morgan fingerprint density at radius 3 is 2.66 bits per heavy atom. The summed E-state index contributed by atoms with van der Waals surface area (Å²) in [6.45, 7) is 2.46. The Hall–Kier alpha value is -2.41. The van der Waals surface area contributed by atoms with E-state index in [2.05, 4.69) is 42.5 Å². The third-order valence-electron chi connectivity index (χ3n) is 5.84. The van der Waals surface area contributed by atoms with Gasteiger partial charge in [-0.2, -0.15) is 4.98 Å². The van der Waals surface area contributed by atoms with Crippen LogP contribution in [-0.4, -0.2) is 45.5 Å². The molecule has 1 aromatic carbocycles. The van der Waals surface area contributed by atoms with Gasteiger partial charge in [0.15, 0.2) is 5.65 Å². The first-order valence-corrected chi connectivity index (χ1v) is 10.9. The number of likely N-dealkylation sites (tertiary alicyclic amines) is 1. The molecule has 0 unspecified atom stereocenters. The molecule has 0 N–H and O–H groups in total. The van der Waals surface area contributed by atoms with Crippen LogP contribution in [-0.2, 0) is 11.3 Å². The van der Waals surface area contributed by atoms with Gasteiger partial charge in [0.25, 0.3) is 0 Å². The number of fused-ring (bicyclic) bond motifs is 1. The first-order chi connectivity index (χ1) is 14.1. The van der Waals surface area contributed by atoms with Crippen molar-refractivity contribution >= 4 is 33.0 Å². The van der Waals surface area contributed by atoms with Crippen LogP contribution in [0.5, 0.6) is 5.88 Å². The molecule has 1 saturated carbocycles. The summed E-state index contributed by atoms with van der Waals surface area (Å²) in [5.41, 5.74) is 2.73. The lowest BCUT2D eigenvalue weighted by molar-refractivity contribution is -0.131. The molecule has 3 aromatic rings. The maximum absolute atomic E-state index is 12.4. The van der Waals surface area contributed by atoms with E-state index in [4.69, 9.17) is 9.72 Å². The zero-order chi connectivity index (χ0) is 20.0. The molecule has 0 radical (unpaired) electrons. The molecule has 2 fully saturated rings. The van der Waals surface area contributed by atoms with E-state index in [-0.39, 0.29) is 5.92 Å². The van der Waals surface area contributed by atoms with Crippen LogP contribution in [0, 0.1) is 11.8 Å². The largest absolute Gasteiger partial charge is 0.481 e. The van der Waals surface area contributed by atoms with Crippen LogP contribution < -0.4 is 4.74 Å². The van der Waals surface area contributed by atoms with E-state index in [1.165, 1.54) is 0 Å². The molecule has 7 heteroatoms. The molecule has 6 nitrogen and oxygen atoms in total. The van der Waals surface area contributed by atoms with Gasteiger partial charge in [-0.05, 0) is 43.4 Å². The van der Waals surface area contributed by atoms with Gasteiger partial charge in [0.05, 0.1) is 7.11 Å². The summed E-state index contributed by atoms with van der Waals surface area (Å²) >= 11 is 3.50. The fourth-order valence-electron chi connectivity index (χ4n) is 4.12. The van der Waals surface area contributed by atoms with E-state index in [0.29, 0.717) is 17.7 Å². The van der Waals surface area contributed by atoms with Gasteiger partial charge in [-0.3, -0.25) is 4.79 Å². The Morgan fingerprint density at radius 1 is 1.14 bits per heavy atom. The Labute approximate surface area is 178 Å². The average Bonchev–Trinajstić information content (AvgIpc) is 3.39. The van der Waals surface area contributed by atoms with Crippen molar-refractivity contribution in [3.05, 3.63) is 40.9 Å². The van der Waals surface area contributed by atoms with Crippen LogP contribution in [0.15, 0.2) is 40.9 Å². The molecule has 3 heterocycles. The van der Waals surface area contributed by atoms with Gasteiger partial charge < -0.3 is 14.2 Å². The standard InChI is InChI=1S/C22H23BrN4O2/c1-29-19-9-8-18-21(25-19)27(20(24-18)15-4-6-17(23)7-5-15)13-14-10-11-26(12-14)22(28)16-2-3-16/h4-9,14,16H,2-3,10-13H2,1H3/t14-/m1/s1. The fraction of sp³-hybridized carbons (Fsp3) is 0.409. The first kappa shape index (κ1) is 18.6. The highest BCUT2D eigenvalue weighted by molar-refractivity contribution is 9.10. The second-order valence-corrected chi connectivity index (χ2v) is 8.88. The van der Waals surface area contributed by atoms with Crippen molar-refractivity contribution in [3.63, 3.8) is 0 Å². The highest BCUT2D eigenvalue weighted by Crippen LogP contribution is 2.34. The fourth-order valence-corrected chi connectivity index (χ4v) is 4.38. The number of aromatic nitrogens is 3. The summed E-state index contributed by atoms with van der Waals surface area (Å²) in [6, 6.07) is 12.0. The van der Waals surface area contributed by atoms with Crippen molar-refractivity contribution in [2.45, 2.75) is 25.8 Å². The predicted molar refractivity (Wildman–Crippen MR) is 115 cm³/mol. The Balaban J connectivity index is 1.49. The molecular formula is C22H23BrN4O2. The van der Waals surface area contributed by atoms with Gasteiger partial charge in [-0.1, -0.05) is 28.1 Å². The number of hydrogen-bond acceptors (Lipinski definition) is 4. The van der Waals surface area contributed by atoms with Gasteiger partial charge in [0.2, 0.25) is 11.8 Å². The number of nitrogens with zero attached hydrogens (tertiary/aromatic N) is 4. The lowest BCUT2D eigenvalue weighted by atomic mass is 10.1. The predicted octanol–water partition coefficient (Wildman–Crippen LogP) is 4.13. The molecular weight excluding hydrogens is 432 g/mol. The van der Waals surface area contributed by atoms with Crippen molar-refractivity contribution < 1.29 is 9.53 Å². The van der Waals surface area contributed by atoms with Crippen LogP contribution in [0.2, 0.25) is 0 Å². The normalized spacial score (nSPS) is 19.1.